The van der Waals surface area contributed by atoms with Gasteiger partial charge >= 0.3 is 0 Å². The van der Waals surface area contributed by atoms with Crippen LogP contribution in [0.1, 0.15) is 22.7 Å². The zero-order chi connectivity index (χ0) is 21.3. The number of carbonyl (C=O) groups is 1. The molecule has 0 bridgehead atoms. The van der Waals surface area contributed by atoms with Crippen LogP contribution in [0.5, 0.6) is 0 Å². The van der Waals surface area contributed by atoms with Gasteiger partial charge in [0.05, 0.1) is 11.0 Å². The van der Waals surface area contributed by atoms with Gasteiger partial charge in [-0.1, -0.05) is 36.4 Å². The number of nitrogens with zero attached hydrogens (tertiary/aromatic N) is 2. The van der Waals surface area contributed by atoms with E-state index in [-0.39, 0.29) is 11.6 Å². The lowest BCUT2D eigenvalue weighted by Gasteiger charge is -2.25. The van der Waals surface area contributed by atoms with Crippen molar-refractivity contribution in [1.82, 2.24) is 0 Å². The fourth-order valence-corrected chi connectivity index (χ4v) is 3.66. The molecule has 30 heavy (non-hydrogen) atoms. The van der Waals surface area contributed by atoms with E-state index in [1.165, 1.54) is 12.1 Å². The molecule has 0 unspecified atom stereocenters. The average Bonchev–Trinajstić information content (AvgIpc) is 3.04. The number of hydrogen-bond acceptors (Lipinski definition) is 4. The van der Waals surface area contributed by atoms with Crippen molar-refractivity contribution in [3.8, 4) is 0 Å². The number of nitro groups is 1. The summed E-state index contributed by atoms with van der Waals surface area (Å²) in [5, 5.41) is 14.5. The fourth-order valence-electron chi connectivity index (χ4n) is 3.66. The number of nitrogens with one attached hydrogen (secondary N) is 1. The molecule has 3 aromatic carbocycles. The number of nitro benzene ring substituents is 1. The molecule has 1 aliphatic rings. The van der Waals surface area contributed by atoms with E-state index in [1.54, 1.807) is 17.0 Å². The second kappa shape index (κ2) is 7.83. The van der Waals surface area contributed by atoms with Crippen molar-refractivity contribution in [2.75, 3.05) is 10.2 Å². The molecule has 1 N–H and O–H groups in total. The summed E-state index contributed by atoms with van der Waals surface area (Å²) in [7, 11) is 0. The Morgan fingerprint density at radius 3 is 2.33 bits per heavy atom. The number of anilines is 2. The van der Waals surface area contributed by atoms with Crippen LogP contribution in [0.15, 0.2) is 84.6 Å². The van der Waals surface area contributed by atoms with Gasteiger partial charge in [-0.15, -0.1) is 0 Å². The van der Waals surface area contributed by atoms with Crippen molar-refractivity contribution in [3.63, 3.8) is 0 Å². The summed E-state index contributed by atoms with van der Waals surface area (Å²) < 4.78 is 0. The normalized spacial score (nSPS) is 15.8. The molecule has 1 heterocycles. The van der Waals surface area contributed by atoms with E-state index >= 15 is 0 Å². The third-order valence-electron chi connectivity index (χ3n) is 5.05. The maximum absolute atomic E-state index is 13.4. The fraction of sp³-hybridized carbons (Fsp3) is 0.125. The highest BCUT2D eigenvalue weighted by Gasteiger charge is 2.35. The predicted molar refractivity (Wildman–Crippen MR) is 117 cm³/mol. The molecule has 4 rings (SSSR count). The van der Waals surface area contributed by atoms with E-state index in [9.17, 15) is 14.9 Å². The van der Waals surface area contributed by atoms with Crippen molar-refractivity contribution < 1.29 is 9.72 Å². The molecule has 6 nitrogen and oxygen atoms in total. The topological polar surface area (TPSA) is 75.5 Å². The third kappa shape index (κ3) is 3.80. The Hall–Kier alpha value is -3.93. The van der Waals surface area contributed by atoms with Gasteiger partial charge in [0, 0.05) is 23.5 Å². The molecular formula is C24H21N3O3. The summed E-state index contributed by atoms with van der Waals surface area (Å²) in [6, 6.07) is 21.4. The number of rotatable bonds is 5. The van der Waals surface area contributed by atoms with Crippen LogP contribution in [-0.4, -0.2) is 10.8 Å². The van der Waals surface area contributed by atoms with Gasteiger partial charge < -0.3 is 5.32 Å². The van der Waals surface area contributed by atoms with Crippen LogP contribution in [0.3, 0.4) is 0 Å². The van der Waals surface area contributed by atoms with Crippen LogP contribution in [0, 0.1) is 24.0 Å². The largest absolute Gasteiger partial charge is 0.351 e. The second-order valence-corrected chi connectivity index (χ2v) is 7.39. The van der Waals surface area contributed by atoms with Crippen LogP contribution < -0.4 is 10.2 Å². The van der Waals surface area contributed by atoms with Crippen LogP contribution >= 0.6 is 0 Å². The number of amides is 1. The minimum absolute atomic E-state index is 0.00219. The number of aryl methyl sites for hydroxylation is 2. The van der Waals surface area contributed by atoms with Gasteiger partial charge in [0.25, 0.3) is 11.6 Å². The predicted octanol–water partition coefficient (Wildman–Crippen LogP) is 5.30. The lowest BCUT2D eigenvalue weighted by atomic mass is 10.0. The summed E-state index contributed by atoms with van der Waals surface area (Å²) >= 11 is 0. The van der Waals surface area contributed by atoms with Crippen LogP contribution in [0.4, 0.5) is 17.1 Å². The zero-order valence-corrected chi connectivity index (χ0v) is 16.7. The van der Waals surface area contributed by atoms with E-state index in [1.807, 2.05) is 68.5 Å². The summed E-state index contributed by atoms with van der Waals surface area (Å²) in [5.74, 6) is -0.182. The van der Waals surface area contributed by atoms with Crippen LogP contribution in [-0.2, 0) is 4.79 Å². The second-order valence-electron chi connectivity index (χ2n) is 7.39. The highest BCUT2D eigenvalue weighted by atomic mass is 16.6. The number of non-ortho nitro benzene ring substituents is 1. The van der Waals surface area contributed by atoms with E-state index < -0.39 is 11.0 Å². The minimum atomic E-state index is -0.452. The number of benzene rings is 3. The van der Waals surface area contributed by atoms with Crippen molar-refractivity contribution in [2.45, 2.75) is 19.9 Å². The molecule has 0 aromatic heterocycles. The number of carbonyl (C=O) groups excluding carboxylic acids is 1. The van der Waals surface area contributed by atoms with Gasteiger partial charge in [-0.05, 0) is 60.9 Å². The first kappa shape index (κ1) is 19.4. The first-order valence-electron chi connectivity index (χ1n) is 9.62. The molecule has 1 aliphatic heterocycles. The van der Waals surface area contributed by atoms with Crippen molar-refractivity contribution in [1.29, 1.82) is 0 Å². The Balaban J connectivity index is 1.77. The smallest absolute Gasteiger partial charge is 0.275 e. The van der Waals surface area contributed by atoms with Gasteiger partial charge in [0.2, 0.25) is 0 Å². The molecule has 150 valence electrons. The SMILES string of the molecule is Cc1cccc(NC2=C[C@@H](c3cccc([N+](=O)[O-])c3)N(c3cccc(C)c3)C2=O)c1. The summed E-state index contributed by atoms with van der Waals surface area (Å²) in [6.07, 6.45) is 1.83. The first-order valence-corrected chi connectivity index (χ1v) is 9.62. The standard InChI is InChI=1S/C24H21N3O3/c1-16-6-3-9-19(12-16)25-22-15-23(18-8-5-11-21(14-18)27(29)30)26(24(22)28)20-10-4-7-17(2)13-20/h3-15,23,25H,1-2H3/t23-/m0/s1. The van der Waals surface area contributed by atoms with E-state index in [2.05, 4.69) is 5.32 Å². The van der Waals surface area contributed by atoms with Gasteiger partial charge in [-0.3, -0.25) is 19.8 Å². The average molecular weight is 399 g/mol. The van der Waals surface area contributed by atoms with E-state index in [4.69, 9.17) is 0 Å². The van der Waals surface area contributed by atoms with Gasteiger partial charge in [-0.25, -0.2) is 0 Å². The number of hydrogen-bond donors (Lipinski definition) is 1. The molecule has 0 fully saturated rings. The Bertz CT molecular complexity index is 1170. The zero-order valence-electron chi connectivity index (χ0n) is 16.7. The quantitative estimate of drug-likeness (QED) is 0.467. The molecule has 6 heteroatoms. The molecule has 0 spiro atoms. The third-order valence-corrected chi connectivity index (χ3v) is 5.05. The van der Waals surface area contributed by atoms with Crippen molar-refractivity contribution in [3.05, 3.63) is 111 Å². The molecule has 3 aromatic rings. The minimum Gasteiger partial charge on any atom is -0.351 e. The molecule has 0 saturated carbocycles. The summed E-state index contributed by atoms with van der Waals surface area (Å²) in [4.78, 5) is 25.9. The molecule has 0 radical (unpaired) electrons. The Morgan fingerprint density at radius 1 is 0.933 bits per heavy atom. The monoisotopic (exact) mass is 399 g/mol. The Morgan fingerprint density at radius 2 is 1.63 bits per heavy atom. The summed E-state index contributed by atoms with van der Waals surface area (Å²) in [6.45, 7) is 3.95. The molecule has 1 amide bonds. The van der Waals surface area contributed by atoms with E-state index in [0.717, 1.165) is 22.5 Å². The molecule has 0 aliphatic carbocycles. The Kier molecular flexibility index (Phi) is 5.06. The lowest BCUT2D eigenvalue weighted by Crippen LogP contribution is -2.30. The first-order chi connectivity index (χ1) is 14.4. The van der Waals surface area contributed by atoms with Crippen LogP contribution in [0.25, 0.3) is 0 Å². The van der Waals surface area contributed by atoms with E-state index in [0.29, 0.717) is 11.3 Å². The molecule has 0 saturated heterocycles. The van der Waals surface area contributed by atoms with Gasteiger partial charge in [0.15, 0.2) is 0 Å². The molecular weight excluding hydrogens is 378 g/mol. The lowest BCUT2D eigenvalue weighted by molar-refractivity contribution is -0.384. The van der Waals surface area contributed by atoms with Gasteiger partial charge in [-0.2, -0.15) is 0 Å². The van der Waals surface area contributed by atoms with Gasteiger partial charge in [0.1, 0.15) is 5.70 Å². The van der Waals surface area contributed by atoms with Crippen LogP contribution in [0.2, 0.25) is 0 Å². The Labute approximate surface area is 174 Å². The molecule has 1 atom stereocenters. The maximum atomic E-state index is 13.4. The highest BCUT2D eigenvalue weighted by molar-refractivity contribution is 6.11. The summed E-state index contributed by atoms with van der Waals surface area (Å²) in [5.41, 5.74) is 4.79. The van der Waals surface area contributed by atoms with Crippen molar-refractivity contribution >= 4 is 23.0 Å². The highest BCUT2D eigenvalue weighted by Crippen LogP contribution is 2.37. The maximum Gasteiger partial charge on any atom is 0.275 e. The van der Waals surface area contributed by atoms with Crippen molar-refractivity contribution in [2.24, 2.45) is 0 Å².